The highest BCUT2D eigenvalue weighted by Crippen LogP contribution is 2.20. The van der Waals surface area contributed by atoms with Gasteiger partial charge >= 0.3 is 5.69 Å². The highest BCUT2D eigenvalue weighted by molar-refractivity contribution is 6.05. The molecule has 2 heterocycles. The van der Waals surface area contributed by atoms with Gasteiger partial charge < -0.3 is 10.1 Å². The fourth-order valence-corrected chi connectivity index (χ4v) is 2.87. The lowest BCUT2D eigenvalue weighted by atomic mass is 10.0. The zero-order valence-corrected chi connectivity index (χ0v) is 16.6. The van der Waals surface area contributed by atoms with E-state index in [1.165, 1.54) is 4.57 Å². The quantitative estimate of drug-likeness (QED) is 0.730. The van der Waals surface area contributed by atoms with Crippen LogP contribution < -0.4 is 16.6 Å². The fraction of sp³-hybridized carbons (Fsp3) is 0.579. The van der Waals surface area contributed by atoms with E-state index in [1.54, 1.807) is 13.2 Å². The smallest absolute Gasteiger partial charge is 0.329 e. The van der Waals surface area contributed by atoms with Crippen LogP contribution in [-0.4, -0.2) is 40.2 Å². The van der Waals surface area contributed by atoms with Crippen LogP contribution in [0.5, 0.6) is 0 Å². The van der Waals surface area contributed by atoms with E-state index in [4.69, 9.17) is 4.74 Å². The molecular weight excluding hydrogens is 348 g/mol. The Kier molecular flexibility index (Phi) is 6.90. The molecule has 8 nitrogen and oxygen atoms in total. The Labute approximate surface area is 158 Å². The largest absolute Gasteiger partial charge is 0.385 e. The van der Waals surface area contributed by atoms with Crippen LogP contribution in [-0.2, 0) is 11.3 Å². The van der Waals surface area contributed by atoms with E-state index < -0.39 is 11.2 Å². The lowest BCUT2D eigenvalue weighted by molar-refractivity contribution is 0.0931. The average Bonchev–Trinajstić information content (AvgIpc) is 2.62. The maximum atomic E-state index is 12.9. The minimum absolute atomic E-state index is 0.0383. The van der Waals surface area contributed by atoms with Crippen molar-refractivity contribution < 1.29 is 9.53 Å². The van der Waals surface area contributed by atoms with Gasteiger partial charge in [-0.3, -0.25) is 19.1 Å². The highest BCUT2D eigenvalue weighted by atomic mass is 16.5. The summed E-state index contributed by atoms with van der Waals surface area (Å²) in [6.45, 7) is 8.64. The SMILES string of the molecule is CCCn1c(=O)[nH]c(=O)c2c(C(=O)NC(C)CCOC)cc(C(C)C)nc21. The Morgan fingerprint density at radius 3 is 2.63 bits per heavy atom. The number of aromatic nitrogens is 3. The van der Waals surface area contributed by atoms with Crippen molar-refractivity contribution in [1.82, 2.24) is 19.9 Å². The van der Waals surface area contributed by atoms with Crippen molar-refractivity contribution in [3.05, 3.63) is 38.2 Å². The van der Waals surface area contributed by atoms with E-state index >= 15 is 0 Å². The Hall–Kier alpha value is -2.48. The number of ether oxygens (including phenoxy) is 1. The summed E-state index contributed by atoms with van der Waals surface area (Å²) in [6.07, 6.45) is 1.35. The number of carbonyl (C=O) groups excluding carboxylic acids is 1. The number of nitrogens with one attached hydrogen (secondary N) is 2. The summed E-state index contributed by atoms with van der Waals surface area (Å²) in [5.41, 5.74) is 0.0417. The van der Waals surface area contributed by atoms with E-state index in [-0.39, 0.29) is 34.5 Å². The second-order valence-corrected chi connectivity index (χ2v) is 7.01. The maximum absolute atomic E-state index is 12.9. The minimum atomic E-state index is -0.597. The van der Waals surface area contributed by atoms with Gasteiger partial charge in [0, 0.05) is 32.0 Å². The van der Waals surface area contributed by atoms with Crippen molar-refractivity contribution in [1.29, 1.82) is 0 Å². The van der Waals surface area contributed by atoms with Gasteiger partial charge in [0.05, 0.1) is 10.9 Å². The van der Waals surface area contributed by atoms with E-state index in [1.807, 2.05) is 27.7 Å². The van der Waals surface area contributed by atoms with E-state index in [2.05, 4.69) is 15.3 Å². The molecule has 0 aliphatic carbocycles. The summed E-state index contributed by atoms with van der Waals surface area (Å²) in [5.74, 6) is -0.323. The second kappa shape index (κ2) is 8.94. The highest BCUT2D eigenvalue weighted by Gasteiger charge is 2.21. The zero-order valence-electron chi connectivity index (χ0n) is 16.6. The molecule has 0 saturated heterocycles. The normalized spacial score (nSPS) is 12.5. The monoisotopic (exact) mass is 376 g/mol. The molecule has 0 saturated carbocycles. The van der Waals surface area contributed by atoms with Gasteiger partial charge in [0.1, 0.15) is 0 Å². The predicted octanol–water partition coefficient (Wildman–Crippen LogP) is 1.77. The average molecular weight is 376 g/mol. The van der Waals surface area contributed by atoms with Crippen molar-refractivity contribution in [3.8, 4) is 0 Å². The maximum Gasteiger partial charge on any atom is 0.329 e. The molecule has 0 bridgehead atoms. The number of hydrogen-bond acceptors (Lipinski definition) is 5. The first kappa shape index (κ1) is 20.8. The zero-order chi connectivity index (χ0) is 20.1. The van der Waals surface area contributed by atoms with Gasteiger partial charge in [0.15, 0.2) is 5.65 Å². The standard InChI is InChI=1S/C19H28N4O4/c1-6-8-23-16-15(18(25)22-19(23)26)13(10-14(21-16)11(2)3)17(24)20-12(4)7-9-27-5/h10-12H,6-9H2,1-5H3,(H,20,24)(H,22,25,26). The molecule has 0 aromatic carbocycles. The third-order valence-electron chi connectivity index (χ3n) is 4.38. The molecule has 1 unspecified atom stereocenters. The Morgan fingerprint density at radius 2 is 2.04 bits per heavy atom. The molecule has 1 atom stereocenters. The second-order valence-electron chi connectivity index (χ2n) is 7.01. The minimum Gasteiger partial charge on any atom is -0.385 e. The molecule has 148 valence electrons. The van der Waals surface area contributed by atoms with E-state index in [0.29, 0.717) is 31.7 Å². The summed E-state index contributed by atoms with van der Waals surface area (Å²) < 4.78 is 6.47. The summed E-state index contributed by atoms with van der Waals surface area (Å²) in [4.78, 5) is 44.5. The number of aromatic amines is 1. The summed E-state index contributed by atoms with van der Waals surface area (Å²) in [6, 6.07) is 1.52. The first-order valence-electron chi connectivity index (χ1n) is 9.27. The number of hydrogen-bond donors (Lipinski definition) is 2. The summed E-state index contributed by atoms with van der Waals surface area (Å²) in [7, 11) is 1.60. The van der Waals surface area contributed by atoms with Crippen molar-refractivity contribution >= 4 is 16.9 Å². The number of carbonyl (C=O) groups is 1. The van der Waals surface area contributed by atoms with Crippen LogP contribution in [0, 0.1) is 0 Å². The number of methoxy groups -OCH3 is 1. The first-order valence-corrected chi connectivity index (χ1v) is 9.27. The molecule has 2 aromatic rings. The third kappa shape index (κ3) is 4.63. The lowest BCUT2D eigenvalue weighted by Crippen LogP contribution is -2.36. The van der Waals surface area contributed by atoms with Crippen molar-refractivity contribution in [2.45, 2.75) is 59.0 Å². The van der Waals surface area contributed by atoms with Gasteiger partial charge in [-0.2, -0.15) is 0 Å². The molecule has 0 spiro atoms. The van der Waals surface area contributed by atoms with Crippen LogP contribution in [0.3, 0.4) is 0 Å². The first-order chi connectivity index (χ1) is 12.8. The molecule has 2 N–H and O–H groups in total. The Balaban J connectivity index is 2.67. The number of aryl methyl sites for hydroxylation is 1. The topological polar surface area (TPSA) is 106 Å². The number of rotatable bonds is 8. The molecule has 27 heavy (non-hydrogen) atoms. The number of amides is 1. The van der Waals surface area contributed by atoms with Crippen LogP contribution in [0.25, 0.3) is 11.0 Å². The van der Waals surface area contributed by atoms with Crippen LogP contribution in [0.15, 0.2) is 15.7 Å². The number of H-pyrrole nitrogens is 1. The molecular formula is C19H28N4O4. The van der Waals surface area contributed by atoms with Crippen LogP contribution in [0.4, 0.5) is 0 Å². The van der Waals surface area contributed by atoms with E-state index in [0.717, 1.165) is 0 Å². The Bertz CT molecular complexity index is 930. The fourth-order valence-electron chi connectivity index (χ4n) is 2.87. The van der Waals surface area contributed by atoms with E-state index in [9.17, 15) is 14.4 Å². The number of nitrogens with zero attached hydrogens (tertiary/aromatic N) is 2. The Morgan fingerprint density at radius 1 is 1.33 bits per heavy atom. The third-order valence-corrected chi connectivity index (χ3v) is 4.38. The van der Waals surface area contributed by atoms with Crippen molar-refractivity contribution in [2.75, 3.05) is 13.7 Å². The molecule has 8 heteroatoms. The number of fused-ring (bicyclic) bond motifs is 1. The molecule has 0 fully saturated rings. The van der Waals surface area contributed by atoms with Crippen molar-refractivity contribution in [3.63, 3.8) is 0 Å². The molecule has 0 radical (unpaired) electrons. The van der Waals surface area contributed by atoms with Gasteiger partial charge in [0.2, 0.25) is 0 Å². The van der Waals surface area contributed by atoms with Gasteiger partial charge in [0.25, 0.3) is 11.5 Å². The summed E-state index contributed by atoms with van der Waals surface area (Å²) in [5, 5.41) is 3.04. The van der Waals surface area contributed by atoms with Crippen molar-refractivity contribution in [2.24, 2.45) is 0 Å². The molecule has 2 rings (SSSR count). The molecule has 0 aliphatic rings. The van der Waals surface area contributed by atoms with Gasteiger partial charge in [-0.05, 0) is 31.7 Å². The lowest BCUT2D eigenvalue weighted by Gasteiger charge is -2.17. The van der Waals surface area contributed by atoms with Crippen LogP contribution >= 0.6 is 0 Å². The molecule has 0 aliphatic heterocycles. The predicted molar refractivity (Wildman–Crippen MR) is 104 cm³/mol. The molecule has 1 amide bonds. The summed E-state index contributed by atoms with van der Waals surface area (Å²) >= 11 is 0. The molecule has 2 aromatic heterocycles. The van der Waals surface area contributed by atoms with Crippen LogP contribution in [0.1, 0.15) is 62.5 Å². The number of pyridine rings is 1. The van der Waals surface area contributed by atoms with Crippen LogP contribution in [0.2, 0.25) is 0 Å². The van der Waals surface area contributed by atoms with Gasteiger partial charge in [-0.1, -0.05) is 20.8 Å². The van der Waals surface area contributed by atoms with Gasteiger partial charge in [-0.25, -0.2) is 9.78 Å². The van der Waals surface area contributed by atoms with Gasteiger partial charge in [-0.15, -0.1) is 0 Å².